The Kier molecular flexibility index (Phi) is 77.4. The highest BCUT2D eigenvalue weighted by molar-refractivity contribution is 7.51. The molecule has 0 aromatic heterocycles. The maximum absolute atomic E-state index is 2.27. The van der Waals surface area contributed by atoms with Crippen LogP contribution >= 0.6 is 50.2 Å². The SMILES string of the molecule is CN(C)[PH+](N(C)C)N(C)C.CN(C)[PH+](N(C)C)N(C)C.CN(C)[PH+](N(C)C)N(C)C.CN(C)[PH+](N(C)C)N(C)C.CN(C)[PH+](N(C)C)N(C)C.CN(C)[PH+](N(C)C)N(C)C.[F-].[F-].[F-].[F-].[F-].[F-]. The zero-order chi connectivity index (χ0) is 49.9. The molecular weight excluding hydrogens is 984 g/mol. The van der Waals surface area contributed by atoms with Crippen molar-refractivity contribution in [2.24, 2.45) is 0 Å². The number of hydrogen-bond acceptors (Lipinski definition) is 18. The van der Waals surface area contributed by atoms with Crippen LogP contribution in [0.4, 0.5) is 0 Å². The van der Waals surface area contributed by atoms with Crippen LogP contribution in [0.2, 0.25) is 0 Å². The first-order valence-electron chi connectivity index (χ1n) is 20.1. The maximum atomic E-state index is 2.27. The molecule has 0 unspecified atom stereocenters. The molecule has 66 heavy (non-hydrogen) atoms. The standard InChI is InChI=1S/6C6H18N3P.6FH/c6*1-7(2)10(8(3)4)9(5)6;;;;;;/h6*1-6H3;6*1H. The Hall–Kier alpha value is 1.44. The van der Waals surface area contributed by atoms with Gasteiger partial charge in [-0.05, 0) is 0 Å². The fourth-order valence-corrected chi connectivity index (χ4v) is 21.6. The minimum atomic E-state index is -0.596. The molecule has 0 fully saturated rings. The number of rotatable bonds is 18. The molecule has 420 valence electrons. The van der Waals surface area contributed by atoms with E-state index < -0.39 is 50.2 Å². The normalized spacial score (nSPS) is 11.5. The average Bonchev–Trinajstić information content (AvgIpc) is 2.94. The summed E-state index contributed by atoms with van der Waals surface area (Å²) < 4.78 is 40.8. The zero-order valence-corrected chi connectivity index (χ0v) is 55.3. The monoisotopic (exact) mass is 1100 g/mol. The average molecular weight is 1100 g/mol. The first-order valence-corrected chi connectivity index (χ1v) is 28.2. The third-order valence-corrected chi connectivity index (χ3v) is 21.6. The smallest absolute Gasteiger partial charge is 0.212 e. The van der Waals surface area contributed by atoms with Crippen LogP contribution in [0.1, 0.15) is 0 Å². The van der Waals surface area contributed by atoms with Gasteiger partial charge in [0, 0.05) is 254 Å². The number of nitrogens with zero attached hydrogens (tertiary/aromatic N) is 18. The van der Waals surface area contributed by atoms with E-state index in [1.807, 2.05) is 0 Å². The molecule has 0 saturated heterocycles. The summed E-state index contributed by atoms with van der Waals surface area (Å²) in [5.41, 5.74) is 0. The van der Waals surface area contributed by atoms with Crippen molar-refractivity contribution < 1.29 is 28.2 Å². The molecular formula is C36H114F6N18P6. The molecule has 0 aromatic carbocycles. The molecule has 0 spiro atoms. The molecule has 0 atom stereocenters. The predicted molar refractivity (Wildman–Crippen MR) is 296 cm³/mol. The van der Waals surface area contributed by atoms with Crippen LogP contribution in [-0.2, 0) is 0 Å². The van der Waals surface area contributed by atoms with Crippen LogP contribution in [0.25, 0.3) is 0 Å². The molecule has 0 aromatic rings. The van der Waals surface area contributed by atoms with Crippen LogP contribution in [0.5, 0.6) is 0 Å². The highest BCUT2D eigenvalue weighted by Gasteiger charge is 2.28. The van der Waals surface area contributed by atoms with Gasteiger partial charge in [-0.3, -0.25) is 0 Å². The quantitative estimate of drug-likeness (QED) is 0.0966. The summed E-state index contributed by atoms with van der Waals surface area (Å²) in [6.07, 6.45) is 0. The number of halogens is 6. The first kappa shape index (κ1) is 96.9. The second-order valence-electron chi connectivity index (χ2n) is 17.9. The summed E-state index contributed by atoms with van der Waals surface area (Å²) in [5.74, 6) is 0. The second kappa shape index (κ2) is 52.8. The Balaban J connectivity index is -0.0000000521. The highest BCUT2D eigenvalue weighted by atomic mass is 31.2. The molecule has 0 saturated carbocycles. The third kappa shape index (κ3) is 50.4. The molecule has 0 N–H and O–H groups in total. The Morgan fingerprint density at radius 2 is 0.136 bits per heavy atom. The van der Waals surface area contributed by atoms with Crippen molar-refractivity contribution in [3.8, 4) is 0 Å². The van der Waals surface area contributed by atoms with Gasteiger partial charge in [0.2, 0.25) is 50.2 Å². The van der Waals surface area contributed by atoms with Crippen LogP contribution < -0.4 is 28.2 Å². The largest absolute Gasteiger partial charge is 1.00 e. The lowest BCUT2D eigenvalue weighted by molar-refractivity contribution is -0.00100. The molecule has 18 nitrogen and oxygen atoms in total. The molecule has 0 aliphatic carbocycles. The Morgan fingerprint density at radius 1 is 0.106 bits per heavy atom. The van der Waals surface area contributed by atoms with Crippen LogP contribution in [0.3, 0.4) is 0 Å². The van der Waals surface area contributed by atoms with Crippen molar-refractivity contribution in [3.63, 3.8) is 0 Å². The Morgan fingerprint density at radius 3 is 0.136 bits per heavy atom. The van der Waals surface area contributed by atoms with Crippen molar-refractivity contribution in [3.05, 3.63) is 0 Å². The zero-order valence-electron chi connectivity index (χ0n) is 49.3. The van der Waals surface area contributed by atoms with E-state index in [0.717, 1.165) is 0 Å². The van der Waals surface area contributed by atoms with Crippen molar-refractivity contribution >= 4 is 50.2 Å². The second-order valence-corrected chi connectivity index (χ2v) is 37.6. The van der Waals surface area contributed by atoms with Gasteiger partial charge in [-0.15, -0.1) is 0 Å². The van der Waals surface area contributed by atoms with Gasteiger partial charge in [0.15, 0.2) is 0 Å². The molecule has 0 aliphatic heterocycles. The third-order valence-electron chi connectivity index (χ3n) is 7.20. The fraction of sp³-hybridized carbons (Fsp3) is 1.00. The van der Waals surface area contributed by atoms with Gasteiger partial charge in [-0.25, -0.2) is 0 Å². The minimum absolute atomic E-state index is 0. The van der Waals surface area contributed by atoms with Gasteiger partial charge in [0.05, 0.1) is 0 Å². The lowest BCUT2D eigenvalue weighted by Crippen LogP contribution is -3.00. The minimum Gasteiger partial charge on any atom is -1.00 e. The van der Waals surface area contributed by atoms with E-state index in [9.17, 15) is 0 Å². The molecule has 0 bridgehead atoms. The Bertz CT molecular complexity index is 659. The maximum Gasteiger partial charge on any atom is 0.212 e. The van der Waals surface area contributed by atoms with Crippen molar-refractivity contribution in [2.75, 3.05) is 254 Å². The van der Waals surface area contributed by atoms with Crippen LogP contribution in [0.15, 0.2) is 0 Å². The van der Waals surface area contributed by atoms with Crippen LogP contribution in [-0.4, -0.2) is 338 Å². The van der Waals surface area contributed by atoms with Gasteiger partial charge in [0.1, 0.15) is 0 Å². The molecule has 0 heterocycles. The molecule has 0 aliphatic rings. The van der Waals surface area contributed by atoms with E-state index in [-0.39, 0.29) is 28.2 Å². The van der Waals surface area contributed by atoms with Gasteiger partial charge in [-0.2, -0.15) is 84.1 Å². The van der Waals surface area contributed by atoms with Gasteiger partial charge < -0.3 is 28.2 Å². The molecule has 0 rings (SSSR count). The van der Waals surface area contributed by atoms with E-state index in [4.69, 9.17) is 0 Å². The van der Waals surface area contributed by atoms with E-state index in [1.54, 1.807) is 0 Å². The van der Waals surface area contributed by atoms with E-state index in [1.165, 1.54) is 0 Å². The van der Waals surface area contributed by atoms with Crippen LogP contribution in [0, 0.1) is 0 Å². The fourth-order valence-electron chi connectivity index (χ4n) is 7.20. The Labute approximate surface area is 415 Å². The summed E-state index contributed by atoms with van der Waals surface area (Å²) in [4.78, 5) is 0. The van der Waals surface area contributed by atoms with Crippen molar-refractivity contribution in [1.29, 1.82) is 0 Å². The molecule has 0 amide bonds. The van der Waals surface area contributed by atoms with Gasteiger partial charge >= 0.3 is 0 Å². The highest BCUT2D eigenvalue weighted by Crippen LogP contribution is 2.44. The number of hydrogen-bond donors (Lipinski definition) is 0. The molecule has 0 radical (unpaired) electrons. The molecule has 30 heteroatoms. The van der Waals surface area contributed by atoms with E-state index in [0.29, 0.717) is 0 Å². The topological polar surface area (TPSA) is 58.3 Å². The lowest BCUT2D eigenvalue weighted by atomic mass is 11.2. The first-order chi connectivity index (χ1) is 26.8. The van der Waals surface area contributed by atoms with Gasteiger partial charge in [-0.1, -0.05) is 0 Å². The van der Waals surface area contributed by atoms with Crippen molar-refractivity contribution in [1.82, 2.24) is 84.1 Å². The van der Waals surface area contributed by atoms with E-state index in [2.05, 4.69) is 338 Å². The predicted octanol–water partition coefficient (Wildman–Crippen LogP) is -14.2. The summed E-state index contributed by atoms with van der Waals surface area (Å²) in [5, 5.41) is 0. The lowest BCUT2D eigenvalue weighted by Gasteiger charge is -2.25. The summed E-state index contributed by atoms with van der Waals surface area (Å²) in [6.45, 7) is 0. The van der Waals surface area contributed by atoms with Gasteiger partial charge in [0.25, 0.3) is 0 Å². The van der Waals surface area contributed by atoms with E-state index >= 15 is 0 Å². The summed E-state index contributed by atoms with van der Waals surface area (Å²) >= 11 is 0. The summed E-state index contributed by atoms with van der Waals surface area (Å²) in [6, 6.07) is 0. The summed E-state index contributed by atoms with van der Waals surface area (Å²) in [7, 11) is 72.7. The van der Waals surface area contributed by atoms with Crippen molar-refractivity contribution in [2.45, 2.75) is 0 Å².